The first-order valence-electron chi connectivity index (χ1n) is 8.87. The molecule has 0 amide bonds. The Labute approximate surface area is 174 Å². The molecule has 0 unspecified atom stereocenters. The van der Waals surface area contributed by atoms with Crippen molar-refractivity contribution in [2.45, 2.75) is 20.1 Å². The number of nitrogens with one attached hydrogen (secondary N) is 1. The standard InChI is InChI=1S/C22H20Cl2FNO2/c1-2-27-21-11-16(13-26-19-8-6-18(25)7-9-19)20(24)12-22(21)28-14-15-4-3-5-17(23)10-15/h3-12,26H,2,13-14H2,1H3. The van der Waals surface area contributed by atoms with Crippen LogP contribution < -0.4 is 14.8 Å². The van der Waals surface area contributed by atoms with E-state index < -0.39 is 0 Å². The highest BCUT2D eigenvalue weighted by Crippen LogP contribution is 2.34. The van der Waals surface area contributed by atoms with Gasteiger partial charge in [-0.05, 0) is 60.5 Å². The van der Waals surface area contributed by atoms with Crippen LogP contribution in [0.25, 0.3) is 0 Å². The summed E-state index contributed by atoms with van der Waals surface area (Å²) in [5, 5.41) is 4.43. The number of halogens is 3. The second kappa shape index (κ2) is 9.67. The molecule has 0 saturated heterocycles. The summed E-state index contributed by atoms with van der Waals surface area (Å²) < 4.78 is 24.7. The summed E-state index contributed by atoms with van der Waals surface area (Å²) >= 11 is 12.5. The highest BCUT2D eigenvalue weighted by Gasteiger charge is 2.12. The maximum atomic E-state index is 13.0. The molecule has 6 heteroatoms. The lowest BCUT2D eigenvalue weighted by molar-refractivity contribution is 0.269. The Hall–Kier alpha value is -2.43. The molecule has 0 bridgehead atoms. The van der Waals surface area contributed by atoms with Crippen LogP contribution in [-0.2, 0) is 13.2 Å². The number of ether oxygens (including phenoxy) is 2. The summed E-state index contributed by atoms with van der Waals surface area (Å²) in [4.78, 5) is 0. The molecule has 28 heavy (non-hydrogen) atoms. The lowest BCUT2D eigenvalue weighted by Gasteiger charge is -2.16. The van der Waals surface area contributed by atoms with Crippen molar-refractivity contribution >= 4 is 28.9 Å². The van der Waals surface area contributed by atoms with E-state index >= 15 is 0 Å². The average molecular weight is 420 g/mol. The van der Waals surface area contributed by atoms with Gasteiger partial charge in [0.25, 0.3) is 0 Å². The largest absolute Gasteiger partial charge is 0.490 e. The van der Waals surface area contributed by atoms with E-state index in [1.54, 1.807) is 18.2 Å². The first-order valence-corrected chi connectivity index (χ1v) is 9.62. The summed E-state index contributed by atoms with van der Waals surface area (Å²) in [7, 11) is 0. The third-order valence-corrected chi connectivity index (χ3v) is 4.61. The van der Waals surface area contributed by atoms with E-state index in [0.29, 0.717) is 41.3 Å². The normalized spacial score (nSPS) is 10.6. The molecule has 146 valence electrons. The summed E-state index contributed by atoms with van der Waals surface area (Å²) in [6.45, 7) is 3.23. The molecule has 0 aliphatic heterocycles. The zero-order valence-corrected chi connectivity index (χ0v) is 16.9. The molecule has 3 nitrogen and oxygen atoms in total. The van der Waals surface area contributed by atoms with Crippen molar-refractivity contribution in [3.8, 4) is 11.5 Å². The Kier molecular flexibility index (Phi) is 7.01. The van der Waals surface area contributed by atoms with Crippen LogP contribution in [0.2, 0.25) is 10.0 Å². The molecule has 0 aromatic heterocycles. The van der Waals surface area contributed by atoms with E-state index in [1.807, 2.05) is 37.3 Å². The van der Waals surface area contributed by atoms with Gasteiger partial charge in [-0.15, -0.1) is 0 Å². The number of benzene rings is 3. The smallest absolute Gasteiger partial charge is 0.163 e. The Morgan fingerprint density at radius 2 is 1.68 bits per heavy atom. The quantitative estimate of drug-likeness (QED) is 0.439. The van der Waals surface area contributed by atoms with Gasteiger partial charge < -0.3 is 14.8 Å². The first kappa shape index (κ1) is 20.3. The molecule has 1 N–H and O–H groups in total. The van der Waals surface area contributed by atoms with Gasteiger partial charge in [-0.1, -0.05) is 35.3 Å². The van der Waals surface area contributed by atoms with Gasteiger partial charge in [0.2, 0.25) is 0 Å². The van der Waals surface area contributed by atoms with Gasteiger partial charge in [-0.2, -0.15) is 0 Å². The van der Waals surface area contributed by atoms with Crippen molar-refractivity contribution in [1.29, 1.82) is 0 Å². The van der Waals surface area contributed by atoms with Crippen LogP contribution >= 0.6 is 23.2 Å². The zero-order chi connectivity index (χ0) is 19.9. The second-order valence-corrected chi connectivity index (χ2v) is 6.95. The predicted molar refractivity (Wildman–Crippen MR) is 112 cm³/mol. The Balaban J connectivity index is 1.74. The molecular formula is C22H20Cl2FNO2. The number of hydrogen-bond donors (Lipinski definition) is 1. The van der Waals surface area contributed by atoms with Gasteiger partial charge in [0, 0.05) is 28.3 Å². The molecular weight excluding hydrogens is 400 g/mol. The van der Waals surface area contributed by atoms with Crippen LogP contribution in [-0.4, -0.2) is 6.61 Å². The molecule has 0 heterocycles. The van der Waals surface area contributed by atoms with Crippen LogP contribution in [0.1, 0.15) is 18.1 Å². The molecule has 0 fully saturated rings. The van der Waals surface area contributed by atoms with Crippen LogP contribution in [0, 0.1) is 5.82 Å². The second-order valence-electron chi connectivity index (χ2n) is 6.10. The molecule has 0 aliphatic carbocycles. The molecule has 3 aromatic rings. The SMILES string of the molecule is CCOc1cc(CNc2ccc(F)cc2)c(Cl)cc1OCc1cccc(Cl)c1. The summed E-state index contributed by atoms with van der Waals surface area (Å²) in [5.41, 5.74) is 2.61. The molecule has 0 aliphatic rings. The van der Waals surface area contributed by atoms with Crippen LogP contribution in [0.4, 0.5) is 10.1 Å². The molecule has 3 rings (SSSR count). The third-order valence-electron chi connectivity index (χ3n) is 4.02. The predicted octanol–water partition coefficient (Wildman–Crippen LogP) is 6.72. The lowest BCUT2D eigenvalue weighted by atomic mass is 10.2. The number of anilines is 1. The van der Waals surface area contributed by atoms with E-state index in [-0.39, 0.29) is 5.82 Å². The minimum atomic E-state index is -0.275. The summed E-state index contributed by atoms with van der Waals surface area (Å²) in [5.74, 6) is 0.908. The average Bonchev–Trinajstić information content (AvgIpc) is 2.68. The highest BCUT2D eigenvalue weighted by atomic mass is 35.5. The number of rotatable bonds is 8. The Bertz CT molecular complexity index is 932. The van der Waals surface area contributed by atoms with Gasteiger partial charge in [0.1, 0.15) is 12.4 Å². The molecule has 0 saturated carbocycles. The first-order chi connectivity index (χ1) is 13.5. The Morgan fingerprint density at radius 1 is 0.929 bits per heavy atom. The van der Waals surface area contributed by atoms with E-state index in [2.05, 4.69) is 5.32 Å². The van der Waals surface area contributed by atoms with Gasteiger partial charge in [0.15, 0.2) is 11.5 Å². The molecule has 0 spiro atoms. The van der Waals surface area contributed by atoms with Gasteiger partial charge >= 0.3 is 0 Å². The molecule has 0 radical (unpaired) electrons. The maximum Gasteiger partial charge on any atom is 0.163 e. The van der Waals surface area contributed by atoms with Crippen LogP contribution in [0.15, 0.2) is 60.7 Å². The molecule has 0 atom stereocenters. The lowest BCUT2D eigenvalue weighted by Crippen LogP contribution is -2.04. The maximum absolute atomic E-state index is 13.0. The highest BCUT2D eigenvalue weighted by molar-refractivity contribution is 6.31. The summed E-state index contributed by atoms with van der Waals surface area (Å²) in [6, 6.07) is 17.3. The van der Waals surface area contributed by atoms with Gasteiger partial charge in [-0.25, -0.2) is 4.39 Å². The van der Waals surface area contributed by atoms with Crippen molar-refractivity contribution < 1.29 is 13.9 Å². The van der Waals surface area contributed by atoms with Crippen molar-refractivity contribution in [3.63, 3.8) is 0 Å². The third kappa shape index (κ3) is 5.54. The van der Waals surface area contributed by atoms with E-state index in [4.69, 9.17) is 32.7 Å². The fraction of sp³-hybridized carbons (Fsp3) is 0.182. The van der Waals surface area contributed by atoms with E-state index in [9.17, 15) is 4.39 Å². The summed E-state index contributed by atoms with van der Waals surface area (Å²) in [6.07, 6.45) is 0. The Morgan fingerprint density at radius 3 is 2.39 bits per heavy atom. The fourth-order valence-electron chi connectivity index (χ4n) is 2.65. The van der Waals surface area contributed by atoms with Crippen molar-refractivity contribution in [3.05, 3.63) is 87.7 Å². The van der Waals surface area contributed by atoms with E-state index in [1.165, 1.54) is 12.1 Å². The number of hydrogen-bond acceptors (Lipinski definition) is 3. The minimum absolute atomic E-state index is 0.275. The topological polar surface area (TPSA) is 30.5 Å². The van der Waals surface area contributed by atoms with Crippen molar-refractivity contribution in [2.24, 2.45) is 0 Å². The monoisotopic (exact) mass is 419 g/mol. The van der Waals surface area contributed by atoms with Gasteiger partial charge in [0.05, 0.1) is 6.61 Å². The molecule has 3 aromatic carbocycles. The van der Waals surface area contributed by atoms with Crippen molar-refractivity contribution in [2.75, 3.05) is 11.9 Å². The van der Waals surface area contributed by atoms with Crippen molar-refractivity contribution in [1.82, 2.24) is 0 Å². The fourth-order valence-corrected chi connectivity index (χ4v) is 3.08. The minimum Gasteiger partial charge on any atom is -0.490 e. The zero-order valence-electron chi connectivity index (χ0n) is 15.3. The van der Waals surface area contributed by atoms with Crippen LogP contribution in [0.5, 0.6) is 11.5 Å². The van der Waals surface area contributed by atoms with Crippen LogP contribution in [0.3, 0.4) is 0 Å². The van der Waals surface area contributed by atoms with E-state index in [0.717, 1.165) is 16.8 Å². The van der Waals surface area contributed by atoms with Gasteiger partial charge in [-0.3, -0.25) is 0 Å².